The number of carbonyl (C=O) groups excluding carboxylic acids is 1. The number of nitrogens with zero attached hydrogens (tertiary/aromatic N) is 2. The Hall–Kier alpha value is -2.14. The minimum Gasteiger partial charge on any atom is -0.340 e. The third-order valence-corrected chi connectivity index (χ3v) is 4.83. The fourth-order valence-electron chi connectivity index (χ4n) is 3.27. The molecule has 1 amide bonds. The van der Waals surface area contributed by atoms with Crippen LogP contribution in [-0.2, 0) is 11.3 Å². The molecule has 0 atom stereocenters. The highest BCUT2D eigenvalue weighted by Gasteiger charge is 2.34. The van der Waals surface area contributed by atoms with Crippen LogP contribution in [0.1, 0.15) is 18.4 Å². The average molecular weight is 311 g/mol. The highest BCUT2D eigenvalue weighted by molar-refractivity contribution is 5.81. The molecule has 1 aromatic carbocycles. The van der Waals surface area contributed by atoms with E-state index in [0.29, 0.717) is 18.4 Å². The minimum absolute atomic E-state index is 0.0137. The predicted octanol–water partition coefficient (Wildman–Crippen LogP) is 1.58. The van der Waals surface area contributed by atoms with E-state index in [-0.39, 0.29) is 5.56 Å². The summed E-state index contributed by atoms with van der Waals surface area (Å²) in [4.78, 5) is 31.5. The average Bonchev–Trinajstić information content (AvgIpc) is 3.40. The van der Waals surface area contributed by atoms with E-state index in [4.69, 9.17) is 0 Å². The SMILES string of the molecule is O=C(C1CC1)N1CCN(Cc2cc3ccccc3[nH]c2=O)CC1. The van der Waals surface area contributed by atoms with Crippen LogP contribution in [0.5, 0.6) is 0 Å². The van der Waals surface area contributed by atoms with Gasteiger partial charge in [-0.25, -0.2) is 0 Å². The number of hydrogen-bond donors (Lipinski definition) is 1. The molecule has 0 bridgehead atoms. The number of carbonyl (C=O) groups is 1. The van der Waals surface area contributed by atoms with Gasteiger partial charge in [-0.3, -0.25) is 14.5 Å². The van der Waals surface area contributed by atoms with Crippen molar-refractivity contribution < 1.29 is 4.79 Å². The maximum absolute atomic E-state index is 12.2. The van der Waals surface area contributed by atoms with Gasteiger partial charge < -0.3 is 9.88 Å². The Morgan fingerprint density at radius 1 is 1.13 bits per heavy atom. The van der Waals surface area contributed by atoms with Gasteiger partial charge in [-0.15, -0.1) is 0 Å². The Labute approximate surface area is 134 Å². The topological polar surface area (TPSA) is 56.4 Å². The van der Waals surface area contributed by atoms with Crippen molar-refractivity contribution >= 4 is 16.8 Å². The molecule has 1 N–H and O–H groups in total. The van der Waals surface area contributed by atoms with Crippen LogP contribution in [0.4, 0.5) is 0 Å². The van der Waals surface area contributed by atoms with E-state index in [1.54, 1.807) is 0 Å². The molecule has 2 aromatic rings. The number of para-hydroxylation sites is 1. The normalized spacial score (nSPS) is 19.2. The summed E-state index contributed by atoms with van der Waals surface area (Å²) >= 11 is 0. The van der Waals surface area contributed by atoms with Crippen molar-refractivity contribution in [3.05, 3.63) is 46.2 Å². The van der Waals surface area contributed by atoms with Gasteiger partial charge in [-0.1, -0.05) is 18.2 Å². The number of rotatable bonds is 3. The molecule has 2 aliphatic rings. The lowest BCUT2D eigenvalue weighted by atomic mass is 10.1. The van der Waals surface area contributed by atoms with Gasteiger partial charge in [0, 0.05) is 49.7 Å². The fourth-order valence-corrected chi connectivity index (χ4v) is 3.27. The van der Waals surface area contributed by atoms with Crippen LogP contribution in [0.15, 0.2) is 35.1 Å². The van der Waals surface area contributed by atoms with Crippen LogP contribution < -0.4 is 5.56 Å². The molecule has 2 fully saturated rings. The first-order chi connectivity index (χ1) is 11.2. The molecule has 1 saturated heterocycles. The van der Waals surface area contributed by atoms with Crippen LogP contribution in [0.25, 0.3) is 10.9 Å². The molecule has 2 heterocycles. The molecule has 5 nitrogen and oxygen atoms in total. The molecule has 5 heteroatoms. The van der Waals surface area contributed by atoms with Crippen molar-refractivity contribution in [2.45, 2.75) is 19.4 Å². The molecule has 1 aromatic heterocycles. The van der Waals surface area contributed by atoms with E-state index < -0.39 is 0 Å². The summed E-state index contributed by atoms with van der Waals surface area (Å²) in [5.41, 5.74) is 1.66. The first kappa shape index (κ1) is 14.5. The summed E-state index contributed by atoms with van der Waals surface area (Å²) < 4.78 is 0. The molecular weight excluding hydrogens is 290 g/mol. The molecule has 23 heavy (non-hydrogen) atoms. The second-order valence-corrected chi connectivity index (χ2v) is 6.59. The van der Waals surface area contributed by atoms with E-state index >= 15 is 0 Å². The summed E-state index contributed by atoms with van der Waals surface area (Å²) in [6, 6.07) is 9.82. The van der Waals surface area contributed by atoms with Crippen molar-refractivity contribution in [2.75, 3.05) is 26.2 Å². The molecule has 120 valence electrons. The van der Waals surface area contributed by atoms with Crippen molar-refractivity contribution in [3.8, 4) is 0 Å². The number of fused-ring (bicyclic) bond motifs is 1. The van der Waals surface area contributed by atoms with Gasteiger partial charge in [-0.2, -0.15) is 0 Å². The summed E-state index contributed by atoms with van der Waals surface area (Å²) in [6.45, 7) is 3.88. The molecule has 0 radical (unpaired) electrons. The molecule has 1 saturated carbocycles. The van der Waals surface area contributed by atoms with Crippen molar-refractivity contribution in [1.29, 1.82) is 0 Å². The highest BCUT2D eigenvalue weighted by atomic mass is 16.2. The molecule has 0 unspecified atom stereocenters. The zero-order valence-electron chi connectivity index (χ0n) is 13.1. The monoisotopic (exact) mass is 311 g/mol. The maximum atomic E-state index is 12.2. The Balaban J connectivity index is 1.43. The van der Waals surface area contributed by atoms with Crippen LogP contribution in [0.3, 0.4) is 0 Å². The van der Waals surface area contributed by atoms with E-state index in [1.807, 2.05) is 35.2 Å². The van der Waals surface area contributed by atoms with Crippen LogP contribution in [0, 0.1) is 5.92 Å². The van der Waals surface area contributed by atoms with Gasteiger partial charge >= 0.3 is 0 Å². The molecular formula is C18H21N3O2. The number of aromatic nitrogens is 1. The molecule has 1 aliphatic carbocycles. The fraction of sp³-hybridized carbons (Fsp3) is 0.444. The lowest BCUT2D eigenvalue weighted by molar-refractivity contribution is -0.134. The third kappa shape index (κ3) is 3.01. The second kappa shape index (κ2) is 5.81. The van der Waals surface area contributed by atoms with Gasteiger partial charge in [0.15, 0.2) is 0 Å². The van der Waals surface area contributed by atoms with Crippen LogP contribution >= 0.6 is 0 Å². The summed E-state index contributed by atoms with van der Waals surface area (Å²) in [5.74, 6) is 0.623. The number of piperazine rings is 1. The summed E-state index contributed by atoms with van der Waals surface area (Å²) in [6.07, 6.45) is 2.12. The van der Waals surface area contributed by atoms with Gasteiger partial charge in [0.05, 0.1) is 0 Å². The summed E-state index contributed by atoms with van der Waals surface area (Å²) in [7, 11) is 0. The predicted molar refractivity (Wildman–Crippen MR) is 89.1 cm³/mol. The number of H-pyrrole nitrogens is 1. The summed E-state index contributed by atoms with van der Waals surface area (Å²) in [5, 5.41) is 1.06. The highest BCUT2D eigenvalue weighted by Crippen LogP contribution is 2.31. The van der Waals surface area contributed by atoms with Crippen molar-refractivity contribution in [2.24, 2.45) is 5.92 Å². The van der Waals surface area contributed by atoms with Crippen LogP contribution in [0.2, 0.25) is 0 Å². The van der Waals surface area contributed by atoms with E-state index in [1.165, 1.54) is 0 Å². The largest absolute Gasteiger partial charge is 0.340 e. The van der Waals surface area contributed by atoms with Crippen LogP contribution in [-0.4, -0.2) is 46.9 Å². The number of nitrogens with one attached hydrogen (secondary N) is 1. The third-order valence-electron chi connectivity index (χ3n) is 4.83. The second-order valence-electron chi connectivity index (χ2n) is 6.59. The zero-order chi connectivity index (χ0) is 15.8. The van der Waals surface area contributed by atoms with Gasteiger partial charge in [0.2, 0.25) is 5.91 Å². The van der Waals surface area contributed by atoms with E-state index in [2.05, 4.69) is 9.88 Å². The van der Waals surface area contributed by atoms with E-state index in [9.17, 15) is 9.59 Å². The Morgan fingerprint density at radius 2 is 1.87 bits per heavy atom. The number of hydrogen-bond acceptors (Lipinski definition) is 3. The first-order valence-electron chi connectivity index (χ1n) is 8.33. The van der Waals surface area contributed by atoms with Gasteiger partial charge in [-0.05, 0) is 30.4 Å². The van der Waals surface area contributed by atoms with E-state index in [0.717, 1.165) is 55.5 Å². The first-order valence-corrected chi connectivity index (χ1v) is 8.33. The minimum atomic E-state index is -0.0137. The zero-order valence-corrected chi connectivity index (χ0v) is 13.1. The number of amides is 1. The molecule has 4 rings (SSSR count). The van der Waals surface area contributed by atoms with Crippen molar-refractivity contribution in [1.82, 2.24) is 14.8 Å². The Morgan fingerprint density at radius 3 is 2.61 bits per heavy atom. The lowest BCUT2D eigenvalue weighted by Gasteiger charge is -2.34. The smallest absolute Gasteiger partial charge is 0.252 e. The lowest BCUT2D eigenvalue weighted by Crippen LogP contribution is -2.49. The molecule has 1 aliphatic heterocycles. The van der Waals surface area contributed by atoms with Gasteiger partial charge in [0.25, 0.3) is 5.56 Å². The number of benzene rings is 1. The quantitative estimate of drug-likeness (QED) is 0.936. The number of aromatic amines is 1. The maximum Gasteiger partial charge on any atom is 0.252 e. The Kier molecular flexibility index (Phi) is 3.65. The molecule has 0 spiro atoms. The van der Waals surface area contributed by atoms with Crippen molar-refractivity contribution in [3.63, 3.8) is 0 Å². The van der Waals surface area contributed by atoms with Gasteiger partial charge in [0.1, 0.15) is 0 Å². The number of pyridine rings is 1. The Bertz CT molecular complexity index is 786. The standard InChI is InChI=1S/C18H21N3O2/c22-17-15(11-14-3-1-2-4-16(14)19-17)12-20-7-9-21(10-8-20)18(23)13-5-6-13/h1-4,11,13H,5-10,12H2,(H,19,22).